The highest BCUT2D eigenvalue weighted by atomic mass is 19.4. The van der Waals surface area contributed by atoms with Gasteiger partial charge >= 0.3 is 41.8 Å². The van der Waals surface area contributed by atoms with E-state index in [2.05, 4.69) is 4.74 Å². The Bertz CT molecular complexity index is 752. The van der Waals surface area contributed by atoms with Gasteiger partial charge in [-0.1, -0.05) is 60.8 Å². The van der Waals surface area contributed by atoms with Crippen molar-refractivity contribution in [2.75, 3.05) is 6.61 Å². The van der Waals surface area contributed by atoms with Crippen LogP contribution in [0.2, 0.25) is 0 Å². The van der Waals surface area contributed by atoms with Gasteiger partial charge in [0, 0.05) is 0 Å². The molecular weight excluding hydrogens is 543 g/mol. The molecule has 0 spiro atoms. The van der Waals surface area contributed by atoms with E-state index in [-0.39, 0.29) is 6.42 Å². The van der Waals surface area contributed by atoms with Crippen LogP contribution >= 0.6 is 0 Å². The van der Waals surface area contributed by atoms with E-state index in [1.165, 1.54) is 0 Å². The number of carbonyl (C=O) groups is 1. The second-order valence-electron chi connectivity index (χ2n) is 10.0. The monoisotopic (exact) mass is 574 g/mol. The average Bonchev–Trinajstić information content (AvgIpc) is 2.74. The molecule has 0 saturated carbocycles. The van der Waals surface area contributed by atoms with Crippen LogP contribution < -0.4 is 0 Å². The maximum atomic E-state index is 14.0. The molecule has 0 aromatic rings. The molecule has 0 aliphatic heterocycles. The van der Waals surface area contributed by atoms with Crippen molar-refractivity contribution in [2.24, 2.45) is 16.7 Å². The maximum absolute atomic E-state index is 14.0. The van der Waals surface area contributed by atoms with Gasteiger partial charge in [-0.25, -0.2) is 4.39 Å². The first-order valence-corrected chi connectivity index (χ1v) is 11.3. The molecular formula is C22H31F13O2. The minimum atomic E-state index is -8.00. The van der Waals surface area contributed by atoms with Crippen LogP contribution in [0.25, 0.3) is 0 Å². The van der Waals surface area contributed by atoms with Gasteiger partial charge in [0.05, 0.1) is 18.9 Å². The highest BCUT2D eigenvalue weighted by Gasteiger charge is 2.93. The zero-order chi connectivity index (χ0) is 30.1. The van der Waals surface area contributed by atoms with Gasteiger partial charge in [0.15, 0.2) is 0 Å². The van der Waals surface area contributed by atoms with Crippen molar-refractivity contribution in [2.45, 2.75) is 109 Å². The lowest BCUT2D eigenvalue weighted by Crippen LogP contribution is -2.73. The zero-order valence-electron chi connectivity index (χ0n) is 21.1. The zero-order valence-corrected chi connectivity index (χ0v) is 21.1. The summed E-state index contributed by atoms with van der Waals surface area (Å²) in [5.41, 5.74) is -9.28. The van der Waals surface area contributed by atoms with E-state index >= 15 is 0 Å². The summed E-state index contributed by atoms with van der Waals surface area (Å²) >= 11 is 0. The van der Waals surface area contributed by atoms with Crippen LogP contribution in [0.15, 0.2) is 0 Å². The Morgan fingerprint density at radius 2 is 1.08 bits per heavy atom. The fourth-order valence-corrected chi connectivity index (χ4v) is 3.46. The molecule has 2 nitrogen and oxygen atoms in total. The summed E-state index contributed by atoms with van der Waals surface area (Å²) in [6.45, 7) is 8.56. The molecule has 1 unspecified atom stereocenters. The third-order valence-electron chi connectivity index (χ3n) is 7.27. The van der Waals surface area contributed by atoms with Crippen molar-refractivity contribution in [3.8, 4) is 0 Å². The van der Waals surface area contributed by atoms with E-state index in [1.807, 2.05) is 0 Å². The fourth-order valence-electron chi connectivity index (χ4n) is 3.46. The minimum Gasteiger partial charge on any atom is -0.465 e. The van der Waals surface area contributed by atoms with Crippen molar-refractivity contribution in [3.63, 3.8) is 0 Å². The van der Waals surface area contributed by atoms with Crippen molar-refractivity contribution < 1.29 is 66.6 Å². The third-order valence-corrected chi connectivity index (χ3v) is 7.27. The molecule has 0 rings (SSSR count). The summed E-state index contributed by atoms with van der Waals surface area (Å²) in [7, 11) is 0. The Balaban J connectivity index is 6.02. The van der Waals surface area contributed by atoms with Gasteiger partial charge in [-0.2, -0.15) is 52.7 Å². The second-order valence-corrected chi connectivity index (χ2v) is 10.0. The van der Waals surface area contributed by atoms with E-state index in [4.69, 9.17) is 0 Å². The molecule has 0 amide bonds. The largest absolute Gasteiger partial charge is 0.465 e. The molecule has 37 heavy (non-hydrogen) atoms. The quantitative estimate of drug-likeness (QED) is 0.162. The predicted octanol–water partition coefficient (Wildman–Crippen LogP) is 8.93. The predicted molar refractivity (Wildman–Crippen MR) is 107 cm³/mol. The van der Waals surface area contributed by atoms with Gasteiger partial charge in [-0.05, 0) is 17.3 Å². The highest BCUT2D eigenvalue weighted by Crippen LogP contribution is 2.62. The maximum Gasteiger partial charge on any atom is 0.438 e. The average molecular weight is 574 g/mol. The normalized spacial score (nSPS) is 16.1. The lowest BCUT2D eigenvalue weighted by Gasteiger charge is -2.41. The van der Waals surface area contributed by atoms with Crippen LogP contribution in [0.5, 0.6) is 0 Å². The third kappa shape index (κ3) is 6.59. The highest BCUT2D eigenvalue weighted by molar-refractivity contribution is 5.73. The standard InChI is InChI=1S/C22H31F13O2/c1-7-15(4,5)13(12-16(6,8-2)9-3)14(36)37-11-10-17(23,24)19(26,27)20(28,29)18(25,21(30,31)32)22(33,34)35/h13H,7-12H2,1-6H3. The Morgan fingerprint density at radius 1 is 0.676 bits per heavy atom. The summed E-state index contributed by atoms with van der Waals surface area (Å²) in [6.07, 6.45) is -16.4. The van der Waals surface area contributed by atoms with Crippen LogP contribution in [0.1, 0.15) is 73.6 Å². The summed E-state index contributed by atoms with van der Waals surface area (Å²) in [5.74, 6) is -24.0. The van der Waals surface area contributed by atoms with Crippen LogP contribution in [0.4, 0.5) is 57.1 Å². The Kier molecular flexibility index (Phi) is 10.5. The van der Waals surface area contributed by atoms with Gasteiger partial charge < -0.3 is 4.74 Å². The summed E-state index contributed by atoms with van der Waals surface area (Å²) in [5, 5.41) is 0. The molecule has 1 atom stereocenters. The smallest absolute Gasteiger partial charge is 0.438 e. The molecule has 0 heterocycles. The number of alkyl halides is 13. The molecule has 0 aromatic heterocycles. The lowest BCUT2D eigenvalue weighted by molar-refractivity contribution is -0.445. The molecule has 222 valence electrons. The number of hydrogen-bond acceptors (Lipinski definition) is 2. The van der Waals surface area contributed by atoms with Gasteiger partial charge in [-0.15, -0.1) is 0 Å². The van der Waals surface area contributed by atoms with Gasteiger partial charge in [0.25, 0.3) is 0 Å². The number of esters is 1. The van der Waals surface area contributed by atoms with Crippen molar-refractivity contribution >= 4 is 5.97 Å². The first kappa shape index (κ1) is 35.6. The van der Waals surface area contributed by atoms with Crippen LogP contribution in [-0.2, 0) is 9.53 Å². The summed E-state index contributed by atoms with van der Waals surface area (Å²) in [4.78, 5) is 12.7. The first-order chi connectivity index (χ1) is 16.2. The van der Waals surface area contributed by atoms with Crippen molar-refractivity contribution in [1.82, 2.24) is 0 Å². The van der Waals surface area contributed by atoms with E-state index < -0.39 is 71.5 Å². The fraction of sp³-hybridized carbons (Fsp3) is 0.955. The van der Waals surface area contributed by atoms with Gasteiger partial charge in [-0.3, -0.25) is 4.79 Å². The molecule has 0 saturated heterocycles. The summed E-state index contributed by atoms with van der Waals surface area (Å²) in [6, 6.07) is 0. The number of hydrogen-bond donors (Lipinski definition) is 0. The minimum absolute atomic E-state index is 0.145. The molecule has 0 aliphatic rings. The number of ether oxygens (including phenoxy) is 1. The molecule has 0 fully saturated rings. The first-order valence-electron chi connectivity index (χ1n) is 11.3. The van der Waals surface area contributed by atoms with E-state index in [0.717, 1.165) is 0 Å². The Labute approximate surface area is 206 Å². The summed E-state index contributed by atoms with van der Waals surface area (Å²) < 4.78 is 177. The van der Waals surface area contributed by atoms with Gasteiger partial charge in [0.2, 0.25) is 0 Å². The van der Waals surface area contributed by atoms with Gasteiger partial charge in [0.1, 0.15) is 0 Å². The molecule has 0 bridgehead atoms. The Morgan fingerprint density at radius 3 is 1.41 bits per heavy atom. The van der Waals surface area contributed by atoms with E-state index in [9.17, 15) is 61.9 Å². The lowest BCUT2D eigenvalue weighted by atomic mass is 9.67. The van der Waals surface area contributed by atoms with Crippen molar-refractivity contribution in [1.29, 1.82) is 0 Å². The van der Waals surface area contributed by atoms with Crippen LogP contribution in [0.3, 0.4) is 0 Å². The Hall–Kier alpha value is -1.44. The van der Waals surface area contributed by atoms with Crippen LogP contribution in [0, 0.1) is 16.7 Å². The molecule has 0 radical (unpaired) electrons. The molecule has 15 heteroatoms. The molecule has 0 aliphatic carbocycles. The molecule has 0 N–H and O–H groups in total. The number of halogens is 13. The number of carbonyl (C=O) groups excluding carboxylic acids is 1. The van der Waals surface area contributed by atoms with Crippen LogP contribution in [-0.4, -0.2) is 48.4 Å². The van der Waals surface area contributed by atoms with E-state index in [1.54, 1.807) is 41.5 Å². The topological polar surface area (TPSA) is 26.3 Å². The van der Waals surface area contributed by atoms with E-state index in [0.29, 0.717) is 19.3 Å². The SMILES string of the molecule is CCC(C)(CC)CC(C(=O)OCCC(F)(F)C(F)(F)C(F)(F)C(F)(C(F)(F)F)C(F)(F)F)C(C)(C)CC. The number of rotatable bonds is 13. The second kappa shape index (κ2) is 11.0. The molecule has 0 aromatic carbocycles. The van der Waals surface area contributed by atoms with Crippen molar-refractivity contribution in [3.05, 3.63) is 0 Å².